The number of phenols is 2. The molecule has 136 valence electrons. The number of rotatable bonds is 1. The van der Waals surface area contributed by atoms with Crippen molar-refractivity contribution in [3.8, 4) is 11.5 Å². The Hall–Kier alpha value is -1.71. The summed E-state index contributed by atoms with van der Waals surface area (Å²) in [6, 6.07) is 1.95. The number of carbonyl (C=O) groups excluding carboxylic acids is 1. The molecule has 25 heavy (non-hydrogen) atoms. The second-order valence-electron chi connectivity index (χ2n) is 9.20. The number of hydrogen-bond donors (Lipinski definition) is 2. The van der Waals surface area contributed by atoms with Crippen molar-refractivity contribution in [2.24, 2.45) is 17.3 Å². The third-order valence-electron chi connectivity index (χ3n) is 7.55. The molecule has 4 nitrogen and oxygen atoms in total. The van der Waals surface area contributed by atoms with E-state index in [0.29, 0.717) is 17.9 Å². The van der Waals surface area contributed by atoms with Crippen LogP contribution in [0.15, 0.2) is 6.07 Å². The highest BCUT2D eigenvalue weighted by Crippen LogP contribution is 2.67. The molecule has 1 aromatic carbocycles. The highest BCUT2D eigenvalue weighted by molar-refractivity contribution is 5.89. The van der Waals surface area contributed by atoms with Gasteiger partial charge in [-0.3, -0.25) is 4.79 Å². The van der Waals surface area contributed by atoms with E-state index < -0.39 is 5.41 Å². The van der Waals surface area contributed by atoms with Gasteiger partial charge < -0.3 is 14.9 Å². The van der Waals surface area contributed by atoms with Gasteiger partial charge in [-0.15, -0.1) is 0 Å². The lowest BCUT2D eigenvalue weighted by Gasteiger charge is -2.60. The maximum atomic E-state index is 13.0. The lowest BCUT2D eigenvalue weighted by molar-refractivity contribution is -0.189. The molecule has 2 N–H and O–H groups in total. The van der Waals surface area contributed by atoms with E-state index in [9.17, 15) is 15.0 Å². The number of esters is 1. The van der Waals surface area contributed by atoms with Crippen LogP contribution in [0, 0.1) is 17.3 Å². The maximum absolute atomic E-state index is 13.0. The standard InChI is InChI=1S/C21H28O4/c1-10(2)12-8-13-14-9-15-20(4,5)11(3)6-7-21(15,19(24)25-14)16(13)18(23)17(12)22/h8,10-11,14-15,22-23H,6-7,9H2,1-5H3/t11?,14-,15-,21+/m0/s1. The molecule has 1 unspecified atom stereocenters. The maximum Gasteiger partial charge on any atom is 0.317 e. The first-order valence-electron chi connectivity index (χ1n) is 9.42. The minimum Gasteiger partial charge on any atom is -0.504 e. The first-order chi connectivity index (χ1) is 11.6. The fraction of sp³-hybridized carbons (Fsp3) is 0.667. The van der Waals surface area contributed by atoms with Crippen LogP contribution >= 0.6 is 0 Å². The van der Waals surface area contributed by atoms with Crippen LogP contribution in [0.1, 0.15) is 82.6 Å². The summed E-state index contributed by atoms with van der Waals surface area (Å²) in [5.41, 5.74) is 1.42. The van der Waals surface area contributed by atoms with Gasteiger partial charge in [-0.25, -0.2) is 0 Å². The lowest BCUT2D eigenvalue weighted by Crippen LogP contribution is -2.61. The van der Waals surface area contributed by atoms with Gasteiger partial charge in [-0.05, 0) is 48.5 Å². The van der Waals surface area contributed by atoms with Crippen LogP contribution in [0.5, 0.6) is 11.5 Å². The predicted octanol–water partition coefficient (Wildman–Crippen LogP) is 4.53. The molecular weight excluding hydrogens is 316 g/mol. The Morgan fingerprint density at radius 2 is 1.92 bits per heavy atom. The highest BCUT2D eigenvalue weighted by atomic mass is 16.5. The van der Waals surface area contributed by atoms with E-state index >= 15 is 0 Å². The fourth-order valence-corrected chi connectivity index (χ4v) is 5.67. The van der Waals surface area contributed by atoms with Crippen molar-refractivity contribution in [3.05, 3.63) is 22.8 Å². The summed E-state index contributed by atoms with van der Waals surface area (Å²) in [5.74, 6) is 0.329. The third kappa shape index (κ3) is 1.86. The Labute approximate surface area is 149 Å². The topological polar surface area (TPSA) is 66.8 Å². The van der Waals surface area contributed by atoms with Crippen molar-refractivity contribution in [2.75, 3.05) is 0 Å². The van der Waals surface area contributed by atoms with Crippen LogP contribution in [0.25, 0.3) is 0 Å². The Morgan fingerprint density at radius 1 is 1.24 bits per heavy atom. The second kappa shape index (κ2) is 4.93. The number of ether oxygens (including phenoxy) is 1. The van der Waals surface area contributed by atoms with Gasteiger partial charge >= 0.3 is 5.97 Å². The lowest BCUT2D eigenvalue weighted by atomic mass is 9.45. The van der Waals surface area contributed by atoms with Crippen LogP contribution in [0.4, 0.5) is 0 Å². The third-order valence-corrected chi connectivity index (χ3v) is 7.55. The monoisotopic (exact) mass is 344 g/mol. The Kier molecular flexibility index (Phi) is 3.30. The SMILES string of the molecule is CC(C)c1cc2c(c(O)c1O)[C@@]13CCC(C)C(C)(C)[C@@H]1C[C@@H]2OC3=O. The predicted molar refractivity (Wildman–Crippen MR) is 94.7 cm³/mol. The van der Waals surface area contributed by atoms with E-state index in [1.165, 1.54) is 0 Å². The molecule has 1 saturated heterocycles. The summed E-state index contributed by atoms with van der Waals surface area (Å²) in [7, 11) is 0. The van der Waals surface area contributed by atoms with E-state index in [1.54, 1.807) is 0 Å². The molecule has 4 aliphatic rings. The van der Waals surface area contributed by atoms with Crippen LogP contribution < -0.4 is 0 Å². The smallest absolute Gasteiger partial charge is 0.317 e. The van der Waals surface area contributed by atoms with Gasteiger partial charge in [0.15, 0.2) is 11.5 Å². The van der Waals surface area contributed by atoms with E-state index in [0.717, 1.165) is 24.0 Å². The summed E-state index contributed by atoms with van der Waals surface area (Å²) in [6.45, 7) is 10.7. The highest BCUT2D eigenvalue weighted by Gasteiger charge is 2.66. The largest absolute Gasteiger partial charge is 0.504 e. The van der Waals surface area contributed by atoms with Crippen LogP contribution in [-0.4, -0.2) is 16.2 Å². The van der Waals surface area contributed by atoms with Crippen molar-refractivity contribution in [1.82, 2.24) is 0 Å². The van der Waals surface area contributed by atoms with E-state index in [1.807, 2.05) is 19.9 Å². The first-order valence-corrected chi connectivity index (χ1v) is 9.42. The molecule has 2 bridgehead atoms. The summed E-state index contributed by atoms with van der Waals surface area (Å²) in [4.78, 5) is 13.0. The molecule has 0 aromatic heterocycles. The molecule has 2 aliphatic carbocycles. The van der Waals surface area contributed by atoms with Crippen molar-refractivity contribution in [3.63, 3.8) is 0 Å². The van der Waals surface area contributed by atoms with Gasteiger partial charge in [0, 0.05) is 16.7 Å². The normalized spacial score (nSPS) is 35.3. The van der Waals surface area contributed by atoms with Crippen molar-refractivity contribution >= 4 is 5.97 Å². The van der Waals surface area contributed by atoms with Gasteiger partial charge in [0.05, 0.1) is 0 Å². The molecule has 4 heteroatoms. The second-order valence-corrected chi connectivity index (χ2v) is 9.20. The average Bonchev–Trinajstić information content (AvgIpc) is 2.54. The molecule has 5 rings (SSSR count). The molecule has 1 aromatic rings. The molecular formula is C21H28O4. The van der Waals surface area contributed by atoms with Crippen LogP contribution in [0.3, 0.4) is 0 Å². The van der Waals surface area contributed by atoms with E-state index in [4.69, 9.17) is 4.74 Å². The number of carbonyl (C=O) groups is 1. The first kappa shape index (κ1) is 16.7. The average molecular weight is 344 g/mol. The van der Waals surface area contributed by atoms with Gasteiger partial charge in [0.1, 0.15) is 11.5 Å². The number of fused-ring (bicyclic) bond motifs is 1. The molecule has 2 aliphatic heterocycles. The fourth-order valence-electron chi connectivity index (χ4n) is 5.67. The quantitative estimate of drug-likeness (QED) is 0.580. The molecule has 1 saturated carbocycles. The van der Waals surface area contributed by atoms with Crippen molar-refractivity contribution in [1.29, 1.82) is 0 Å². The van der Waals surface area contributed by atoms with Gasteiger partial charge in [-0.2, -0.15) is 0 Å². The zero-order valence-electron chi connectivity index (χ0n) is 15.7. The van der Waals surface area contributed by atoms with Crippen molar-refractivity contribution < 1.29 is 19.7 Å². The zero-order chi connectivity index (χ0) is 18.3. The summed E-state index contributed by atoms with van der Waals surface area (Å²) < 4.78 is 5.80. The molecule has 2 heterocycles. The minimum atomic E-state index is -0.822. The Balaban J connectivity index is 2.01. The minimum absolute atomic E-state index is 0.0214. The number of aromatic hydroxyl groups is 2. The van der Waals surface area contributed by atoms with Gasteiger partial charge in [0.2, 0.25) is 0 Å². The van der Waals surface area contributed by atoms with E-state index in [-0.39, 0.29) is 40.8 Å². The van der Waals surface area contributed by atoms with E-state index in [2.05, 4.69) is 20.8 Å². The van der Waals surface area contributed by atoms with Crippen molar-refractivity contribution in [2.45, 2.75) is 71.3 Å². The Bertz CT molecular complexity index is 764. The molecule has 1 spiro atoms. The summed E-state index contributed by atoms with van der Waals surface area (Å²) in [5, 5.41) is 21.5. The Morgan fingerprint density at radius 3 is 2.56 bits per heavy atom. The van der Waals surface area contributed by atoms with Gasteiger partial charge in [0.25, 0.3) is 0 Å². The summed E-state index contributed by atoms with van der Waals surface area (Å²) >= 11 is 0. The van der Waals surface area contributed by atoms with Crippen LogP contribution in [-0.2, 0) is 14.9 Å². The molecule has 0 radical (unpaired) electrons. The molecule has 4 atom stereocenters. The zero-order valence-corrected chi connectivity index (χ0v) is 15.7. The summed E-state index contributed by atoms with van der Waals surface area (Å²) in [6.07, 6.45) is 2.07. The molecule has 0 amide bonds. The number of hydrogen-bond acceptors (Lipinski definition) is 4. The number of benzene rings is 1. The molecule has 2 fully saturated rings. The van der Waals surface area contributed by atoms with Gasteiger partial charge in [-0.1, -0.05) is 34.6 Å². The number of phenolic OH excluding ortho intramolecular Hbond substituents is 2. The van der Waals surface area contributed by atoms with Crippen LogP contribution in [0.2, 0.25) is 0 Å².